The van der Waals surface area contributed by atoms with Gasteiger partial charge in [0.2, 0.25) is 5.91 Å². The summed E-state index contributed by atoms with van der Waals surface area (Å²) in [5.41, 5.74) is 1.11. The summed E-state index contributed by atoms with van der Waals surface area (Å²) in [5.74, 6) is 1.21. The van der Waals surface area contributed by atoms with Gasteiger partial charge in [-0.25, -0.2) is 4.98 Å². The van der Waals surface area contributed by atoms with Gasteiger partial charge in [-0.3, -0.25) is 4.79 Å². The molecule has 3 heterocycles. The molecule has 0 bridgehead atoms. The fraction of sp³-hybridized carbons (Fsp3) is 0.368. The molecular weight excluding hydrogens is 318 g/mol. The predicted molar refractivity (Wildman–Crippen MR) is 98.4 cm³/mol. The van der Waals surface area contributed by atoms with Gasteiger partial charge < -0.3 is 9.72 Å². The molecule has 3 aromatic heterocycles. The number of nitrogens with one attached hydrogen (secondary N) is 1. The topological polar surface area (TPSA) is 46.4 Å². The molecule has 0 unspecified atom stereocenters. The van der Waals surface area contributed by atoms with E-state index in [1.807, 2.05) is 24.5 Å². The number of thiophene rings is 1. The summed E-state index contributed by atoms with van der Waals surface area (Å²) in [4.78, 5) is 17.7. The van der Waals surface area contributed by atoms with Gasteiger partial charge in [-0.15, -0.1) is 11.3 Å². The minimum Gasteiger partial charge on any atom is -0.356 e. The Morgan fingerprint density at radius 1 is 1.12 bits per heavy atom. The van der Waals surface area contributed by atoms with Crippen LogP contribution in [-0.4, -0.2) is 21.8 Å². The Labute approximate surface area is 146 Å². The molecule has 24 heavy (non-hydrogen) atoms. The van der Waals surface area contributed by atoms with Crippen LogP contribution in [0.5, 0.6) is 0 Å². The third kappa shape index (κ3) is 4.68. The first-order chi connectivity index (χ1) is 11.8. The number of hydrogen-bond donors (Lipinski definition) is 1. The maximum atomic E-state index is 11.8. The Balaban J connectivity index is 1.29. The van der Waals surface area contributed by atoms with E-state index in [1.54, 1.807) is 11.3 Å². The zero-order chi connectivity index (χ0) is 16.6. The summed E-state index contributed by atoms with van der Waals surface area (Å²) in [7, 11) is 0. The second kappa shape index (κ2) is 8.64. The summed E-state index contributed by atoms with van der Waals surface area (Å²) < 4.78 is 2.10. The third-order valence-electron chi connectivity index (χ3n) is 4.07. The van der Waals surface area contributed by atoms with Crippen LogP contribution < -0.4 is 5.32 Å². The average molecular weight is 341 g/mol. The number of aryl methyl sites for hydroxylation is 2. The van der Waals surface area contributed by atoms with Crippen LogP contribution >= 0.6 is 11.3 Å². The number of rotatable bonds is 9. The van der Waals surface area contributed by atoms with Crippen molar-refractivity contribution >= 4 is 22.8 Å². The molecule has 5 heteroatoms. The lowest BCUT2D eigenvalue weighted by Gasteiger charge is -2.05. The number of carbonyl (C=O) groups excluding carboxylic acids is 1. The van der Waals surface area contributed by atoms with Crippen LogP contribution in [-0.2, 0) is 17.6 Å². The normalized spacial score (nSPS) is 11.0. The van der Waals surface area contributed by atoms with Crippen LogP contribution in [0.2, 0.25) is 0 Å². The fourth-order valence-electron chi connectivity index (χ4n) is 2.79. The van der Waals surface area contributed by atoms with Crippen molar-refractivity contribution in [1.82, 2.24) is 14.7 Å². The molecule has 3 aromatic rings. The summed E-state index contributed by atoms with van der Waals surface area (Å²) in [6, 6.07) is 10.3. The second-order valence-electron chi connectivity index (χ2n) is 5.91. The molecule has 0 aliphatic rings. The largest absolute Gasteiger partial charge is 0.356 e. The van der Waals surface area contributed by atoms with E-state index in [9.17, 15) is 4.79 Å². The summed E-state index contributed by atoms with van der Waals surface area (Å²) in [6.07, 6.45) is 9.44. The summed E-state index contributed by atoms with van der Waals surface area (Å²) in [6.45, 7) is 0.714. The maximum absolute atomic E-state index is 11.8. The van der Waals surface area contributed by atoms with Crippen LogP contribution in [0.3, 0.4) is 0 Å². The van der Waals surface area contributed by atoms with Crippen molar-refractivity contribution in [2.24, 2.45) is 0 Å². The lowest BCUT2D eigenvalue weighted by molar-refractivity contribution is -0.121. The maximum Gasteiger partial charge on any atom is 0.219 e. The van der Waals surface area contributed by atoms with Crippen molar-refractivity contribution in [3.8, 4) is 0 Å². The fourth-order valence-corrected chi connectivity index (χ4v) is 3.54. The highest BCUT2D eigenvalue weighted by atomic mass is 32.1. The molecule has 3 rings (SSSR count). The molecule has 0 atom stereocenters. The van der Waals surface area contributed by atoms with Gasteiger partial charge in [0.05, 0.1) is 11.7 Å². The van der Waals surface area contributed by atoms with E-state index in [0.717, 1.165) is 43.4 Å². The first-order valence-electron chi connectivity index (χ1n) is 8.53. The number of carbonyl (C=O) groups is 1. The van der Waals surface area contributed by atoms with Crippen molar-refractivity contribution in [3.63, 3.8) is 0 Å². The SMILES string of the molecule is O=C(CCCCc1cccs1)NCCCc1ncc2ccccn12. The molecule has 0 aromatic carbocycles. The molecule has 0 aliphatic heterocycles. The highest BCUT2D eigenvalue weighted by Crippen LogP contribution is 2.12. The van der Waals surface area contributed by atoms with E-state index in [-0.39, 0.29) is 5.91 Å². The molecule has 1 amide bonds. The number of amides is 1. The summed E-state index contributed by atoms with van der Waals surface area (Å²) in [5, 5.41) is 5.12. The lowest BCUT2D eigenvalue weighted by atomic mass is 10.1. The van der Waals surface area contributed by atoms with Gasteiger partial charge in [0.25, 0.3) is 0 Å². The molecule has 0 saturated heterocycles. The molecule has 0 spiro atoms. The van der Waals surface area contributed by atoms with Crippen molar-refractivity contribution in [2.45, 2.75) is 38.5 Å². The minimum atomic E-state index is 0.161. The molecule has 4 nitrogen and oxygen atoms in total. The van der Waals surface area contributed by atoms with Crippen molar-refractivity contribution in [1.29, 1.82) is 0 Å². The molecule has 0 saturated carbocycles. The monoisotopic (exact) mass is 341 g/mol. The first kappa shape index (κ1) is 16.7. The number of aromatic nitrogens is 2. The average Bonchev–Trinajstić information content (AvgIpc) is 3.25. The van der Waals surface area contributed by atoms with Crippen LogP contribution in [0.1, 0.15) is 36.4 Å². The van der Waals surface area contributed by atoms with E-state index in [4.69, 9.17) is 0 Å². The first-order valence-corrected chi connectivity index (χ1v) is 9.41. The molecular formula is C19H23N3OS. The molecule has 126 valence electrons. The zero-order valence-electron chi connectivity index (χ0n) is 13.8. The van der Waals surface area contributed by atoms with E-state index in [0.29, 0.717) is 13.0 Å². The molecule has 0 fully saturated rings. The van der Waals surface area contributed by atoms with Crippen molar-refractivity contribution < 1.29 is 4.79 Å². The van der Waals surface area contributed by atoms with Gasteiger partial charge in [0.1, 0.15) is 5.82 Å². The number of hydrogen-bond acceptors (Lipinski definition) is 3. The lowest BCUT2D eigenvalue weighted by Crippen LogP contribution is -2.24. The highest BCUT2D eigenvalue weighted by Gasteiger charge is 2.04. The van der Waals surface area contributed by atoms with Gasteiger partial charge in [0, 0.05) is 30.5 Å². The molecule has 1 N–H and O–H groups in total. The van der Waals surface area contributed by atoms with Crippen LogP contribution in [0.4, 0.5) is 0 Å². The Bertz CT molecular complexity index is 764. The quantitative estimate of drug-likeness (QED) is 0.601. The number of nitrogens with zero attached hydrogens (tertiary/aromatic N) is 2. The van der Waals surface area contributed by atoms with E-state index >= 15 is 0 Å². The smallest absolute Gasteiger partial charge is 0.219 e. The van der Waals surface area contributed by atoms with Gasteiger partial charge in [-0.1, -0.05) is 12.1 Å². The van der Waals surface area contributed by atoms with Crippen molar-refractivity contribution in [3.05, 3.63) is 58.8 Å². The van der Waals surface area contributed by atoms with E-state index < -0.39 is 0 Å². The van der Waals surface area contributed by atoms with Gasteiger partial charge in [-0.05, 0) is 49.3 Å². The van der Waals surface area contributed by atoms with Crippen LogP contribution in [0.25, 0.3) is 5.52 Å². The number of imidazole rings is 1. The number of unbranched alkanes of at least 4 members (excludes halogenated alkanes) is 1. The predicted octanol–water partition coefficient (Wildman–Crippen LogP) is 3.86. The Morgan fingerprint density at radius 2 is 2.08 bits per heavy atom. The zero-order valence-corrected chi connectivity index (χ0v) is 14.6. The van der Waals surface area contributed by atoms with Gasteiger partial charge in [0.15, 0.2) is 0 Å². The molecule has 0 aliphatic carbocycles. The Kier molecular flexibility index (Phi) is 6.01. The molecule has 0 radical (unpaired) electrons. The number of fused-ring (bicyclic) bond motifs is 1. The summed E-state index contributed by atoms with van der Waals surface area (Å²) >= 11 is 1.79. The van der Waals surface area contributed by atoms with Gasteiger partial charge in [-0.2, -0.15) is 0 Å². The Hall–Kier alpha value is -2.14. The van der Waals surface area contributed by atoms with Crippen LogP contribution in [0, 0.1) is 0 Å². The van der Waals surface area contributed by atoms with E-state index in [2.05, 4.69) is 38.3 Å². The second-order valence-corrected chi connectivity index (χ2v) is 6.94. The third-order valence-corrected chi connectivity index (χ3v) is 5.01. The van der Waals surface area contributed by atoms with Crippen LogP contribution in [0.15, 0.2) is 48.1 Å². The van der Waals surface area contributed by atoms with Gasteiger partial charge >= 0.3 is 0 Å². The highest BCUT2D eigenvalue weighted by molar-refractivity contribution is 7.09. The minimum absolute atomic E-state index is 0.161. The van der Waals surface area contributed by atoms with Crippen molar-refractivity contribution in [2.75, 3.05) is 6.54 Å². The Morgan fingerprint density at radius 3 is 2.96 bits per heavy atom. The number of pyridine rings is 1. The standard InChI is InChI=1S/C19H23N3OS/c23-19(11-2-1-8-17-9-6-14-24-17)20-12-5-10-18-21-15-16-7-3-4-13-22(16)18/h3-4,6-7,9,13-15H,1-2,5,8,10-12H2,(H,20,23). The van der Waals surface area contributed by atoms with E-state index in [1.165, 1.54) is 4.88 Å².